The molecule has 1 rings (SSSR count). The number of ketones is 1. The molecule has 1 saturated carbocycles. The summed E-state index contributed by atoms with van der Waals surface area (Å²) < 4.78 is 37.2. The number of hydrogen-bond donors (Lipinski definition) is 1. The van der Waals surface area contributed by atoms with E-state index in [4.69, 9.17) is 5.11 Å². The molecule has 0 bridgehead atoms. The summed E-state index contributed by atoms with van der Waals surface area (Å²) in [5, 5.41) is 8.49. The molecule has 0 aromatic heterocycles. The van der Waals surface area contributed by atoms with E-state index in [0.29, 0.717) is 0 Å². The van der Waals surface area contributed by atoms with Crippen LogP contribution in [-0.2, 0) is 9.59 Å². The molecule has 0 aliphatic heterocycles. The summed E-state index contributed by atoms with van der Waals surface area (Å²) in [6, 6.07) is 0. The lowest BCUT2D eigenvalue weighted by Crippen LogP contribution is -2.33. The topological polar surface area (TPSA) is 54.4 Å². The van der Waals surface area contributed by atoms with E-state index in [1.54, 1.807) is 0 Å². The maximum Gasteiger partial charge on any atom is 0.394 e. The largest absolute Gasteiger partial charge is 0.481 e. The second-order valence-electron chi connectivity index (χ2n) is 3.80. The van der Waals surface area contributed by atoms with Crippen molar-refractivity contribution in [2.45, 2.75) is 25.9 Å². The average Bonchev–Trinajstić information content (AvgIpc) is 2.26. The van der Waals surface area contributed by atoms with Crippen LogP contribution in [0.25, 0.3) is 0 Å². The first kappa shape index (κ1) is 11.0. The van der Waals surface area contributed by atoms with Crippen molar-refractivity contribution in [3.05, 3.63) is 0 Å². The highest BCUT2D eigenvalue weighted by Crippen LogP contribution is 2.50. The second kappa shape index (κ2) is 2.96. The van der Waals surface area contributed by atoms with E-state index in [1.165, 1.54) is 0 Å². The maximum atomic E-state index is 12.4. The molecule has 1 aliphatic rings. The van der Waals surface area contributed by atoms with Crippen molar-refractivity contribution in [1.82, 2.24) is 0 Å². The summed E-state index contributed by atoms with van der Waals surface area (Å²) in [5.41, 5.74) is -2.17. The molecule has 0 amide bonds. The van der Waals surface area contributed by atoms with Crippen molar-refractivity contribution in [3.8, 4) is 0 Å². The van der Waals surface area contributed by atoms with Gasteiger partial charge in [0.05, 0.1) is 5.41 Å². The fourth-order valence-electron chi connectivity index (χ4n) is 1.59. The number of aliphatic carboxylic acids is 1. The van der Waals surface area contributed by atoms with E-state index >= 15 is 0 Å². The zero-order valence-corrected chi connectivity index (χ0v) is 7.39. The minimum absolute atomic E-state index is 0.648. The predicted molar refractivity (Wildman–Crippen MR) is 39.5 cm³/mol. The first-order valence-electron chi connectivity index (χ1n) is 4.00. The molecule has 2 unspecified atom stereocenters. The number of alkyl halides is 3. The molecule has 1 aliphatic carbocycles. The van der Waals surface area contributed by atoms with Crippen molar-refractivity contribution >= 4 is 11.8 Å². The highest BCUT2D eigenvalue weighted by atomic mass is 19.4. The number of carbonyl (C=O) groups is 2. The van der Waals surface area contributed by atoms with Crippen molar-refractivity contribution in [1.29, 1.82) is 0 Å². The Balaban J connectivity index is 2.91. The van der Waals surface area contributed by atoms with Gasteiger partial charge in [-0.15, -0.1) is 0 Å². The number of carbonyl (C=O) groups excluding carboxylic acids is 1. The Morgan fingerprint density at radius 3 is 2.29 bits per heavy atom. The van der Waals surface area contributed by atoms with Crippen LogP contribution in [0.15, 0.2) is 0 Å². The Hall–Kier alpha value is -1.07. The monoisotopic (exact) mass is 210 g/mol. The summed E-state index contributed by atoms with van der Waals surface area (Å²) >= 11 is 0. The van der Waals surface area contributed by atoms with Crippen molar-refractivity contribution in [2.75, 3.05) is 0 Å². The highest BCUT2D eigenvalue weighted by molar-refractivity contribution is 6.00. The SMILES string of the molecule is CC1(C(F)(F)F)CC(=O)C(C(=O)O)C1. The van der Waals surface area contributed by atoms with E-state index < -0.39 is 42.1 Å². The van der Waals surface area contributed by atoms with Crippen LogP contribution < -0.4 is 0 Å². The lowest BCUT2D eigenvalue weighted by molar-refractivity contribution is -0.216. The molecule has 6 heteroatoms. The molecular weight excluding hydrogens is 201 g/mol. The molecule has 3 nitrogen and oxygen atoms in total. The van der Waals surface area contributed by atoms with Gasteiger partial charge < -0.3 is 5.11 Å². The molecule has 1 fully saturated rings. The van der Waals surface area contributed by atoms with Gasteiger partial charge in [-0.25, -0.2) is 0 Å². The number of halogens is 3. The molecule has 0 heterocycles. The minimum atomic E-state index is -4.52. The fraction of sp³-hybridized carbons (Fsp3) is 0.750. The second-order valence-corrected chi connectivity index (χ2v) is 3.80. The summed E-state index contributed by atoms with van der Waals surface area (Å²) in [6.45, 7) is 0.883. The number of rotatable bonds is 1. The number of carboxylic acids is 1. The summed E-state index contributed by atoms with van der Waals surface area (Å²) in [5.74, 6) is -3.80. The Morgan fingerprint density at radius 1 is 1.57 bits per heavy atom. The number of Topliss-reactive ketones (excluding diaryl/α,β-unsaturated/α-hetero) is 1. The van der Waals surface area contributed by atoms with Crippen LogP contribution in [0.4, 0.5) is 13.2 Å². The van der Waals surface area contributed by atoms with E-state index in [9.17, 15) is 22.8 Å². The van der Waals surface area contributed by atoms with Gasteiger partial charge in [0, 0.05) is 6.42 Å². The molecule has 1 N–H and O–H groups in total. The smallest absolute Gasteiger partial charge is 0.394 e. The van der Waals surface area contributed by atoms with Gasteiger partial charge in [-0.1, -0.05) is 6.92 Å². The van der Waals surface area contributed by atoms with Crippen LogP contribution in [0.3, 0.4) is 0 Å². The average molecular weight is 210 g/mol. The molecule has 0 saturated heterocycles. The number of hydrogen-bond acceptors (Lipinski definition) is 2. The van der Waals surface area contributed by atoms with Crippen LogP contribution in [0, 0.1) is 11.3 Å². The Labute approximate surface area is 77.9 Å². The molecule has 14 heavy (non-hydrogen) atoms. The Kier molecular flexibility index (Phi) is 2.33. The van der Waals surface area contributed by atoms with Gasteiger partial charge in [0.1, 0.15) is 11.7 Å². The van der Waals surface area contributed by atoms with Gasteiger partial charge in [-0.05, 0) is 6.42 Å². The Morgan fingerprint density at radius 2 is 2.07 bits per heavy atom. The molecule has 0 aromatic rings. The van der Waals surface area contributed by atoms with Gasteiger partial charge >= 0.3 is 12.1 Å². The number of carboxylic acid groups (broad SMARTS) is 1. The highest BCUT2D eigenvalue weighted by Gasteiger charge is 2.59. The van der Waals surface area contributed by atoms with Crippen LogP contribution in [0.5, 0.6) is 0 Å². The standard InChI is InChI=1S/C8H9F3O3/c1-7(8(9,10)11)2-4(6(13)14)5(12)3-7/h4H,2-3H2,1H3,(H,13,14). The zero-order valence-electron chi connectivity index (χ0n) is 7.39. The van der Waals surface area contributed by atoms with Crippen LogP contribution in [0.1, 0.15) is 19.8 Å². The van der Waals surface area contributed by atoms with Crippen molar-refractivity contribution in [3.63, 3.8) is 0 Å². The lowest BCUT2D eigenvalue weighted by atomic mass is 9.87. The Bertz CT molecular complexity index is 284. The van der Waals surface area contributed by atoms with E-state index in [2.05, 4.69) is 0 Å². The van der Waals surface area contributed by atoms with E-state index in [-0.39, 0.29) is 0 Å². The molecular formula is C8H9F3O3. The third kappa shape index (κ3) is 1.60. The lowest BCUT2D eigenvalue weighted by Gasteiger charge is -2.25. The van der Waals surface area contributed by atoms with Gasteiger partial charge in [0.25, 0.3) is 0 Å². The van der Waals surface area contributed by atoms with Gasteiger partial charge in [0.2, 0.25) is 0 Å². The molecule has 0 spiro atoms. The van der Waals surface area contributed by atoms with Crippen LogP contribution >= 0.6 is 0 Å². The quantitative estimate of drug-likeness (QED) is 0.669. The molecule has 0 radical (unpaired) electrons. The van der Waals surface area contributed by atoms with Crippen molar-refractivity contribution in [2.24, 2.45) is 11.3 Å². The van der Waals surface area contributed by atoms with Crippen LogP contribution in [-0.4, -0.2) is 23.0 Å². The van der Waals surface area contributed by atoms with E-state index in [1.807, 2.05) is 0 Å². The van der Waals surface area contributed by atoms with Gasteiger partial charge in [-0.3, -0.25) is 9.59 Å². The zero-order chi connectivity index (χ0) is 11.1. The third-order valence-electron chi connectivity index (χ3n) is 2.59. The fourth-order valence-corrected chi connectivity index (χ4v) is 1.59. The summed E-state index contributed by atoms with van der Waals surface area (Å²) in [4.78, 5) is 21.4. The first-order chi connectivity index (χ1) is 6.17. The normalized spacial score (nSPS) is 33.4. The van der Waals surface area contributed by atoms with E-state index in [0.717, 1.165) is 6.92 Å². The molecule has 2 atom stereocenters. The predicted octanol–water partition coefficient (Wildman–Crippen LogP) is 1.62. The molecule has 0 aromatic carbocycles. The van der Waals surface area contributed by atoms with Crippen LogP contribution in [0.2, 0.25) is 0 Å². The first-order valence-corrected chi connectivity index (χ1v) is 4.00. The van der Waals surface area contributed by atoms with Gasteiger partial charge in [0.15, 0.2) is 0 Å². The summed E-state index contributed by atoms with van der Waals surface area (Å²) in [7, 11) is 0. The van der Waals surface area contributed by atoms with Gasteiger partial charge in [-0.2, -0.15) is 13.2 Å². The minimum Gasteiger partial charge on any atom is -0.481 e. The van der Waals surface area contributed by atoms with Crippen molar-refractivity contribution < 1.29 is 27.9 Å². The molecule has 80 valence electrons. The maximum absolute atomic E-state index is 12.4. The third-order valence-corrected chi connectivity index (χ3v) is 2.59. The summed E-state index contributed by atoms with van der Waals surface area (Å²) in [6.07, 6.45) is -5.90.